The number of carbonyl (C=O) groups excluding carboxylic acids is 1. The van der Waals surface area contributed by atoms with Gasteiger partial charge in [0.15, 0.2) is 0 Å². The van der Waals surface area contributed by atoms with Crippen molar-refractivity contribution < 1.29 is 34.1 Å². The van der Waals surface area contributed by atoms with E-state index in [1.54, 1.807) is 0 Å². The maximum Gasteiger partial charge on any atom is 0.352 e. The van der Waals surface area contributed by atoms with Crippen LogP contribution in [0.25, 0.3) is 0 Å². The van der Waals surface area contributed by atoms with Gasteiger partial charge in [-0.15, -0.1) is 4.67 Å². The van der Waals surface area contributed by atoms with Gasteiger partial charge in [0.05, 0.1) is 6.54 Å². The van der Waals surface area contributed by atoms with Crippen LogP contribution in [0.3, 0.4) is 0 Å². The number of hydrogen-bond acceptors (Lipinski definition) is 6. The number of aliphatic hydroxyl groups is 1. The third-order valence-electron chi connectivity index (χ3n) is 1.20. The smallest absolute Gasteiger partial charge is 0.352 e. The van der Waals surface area contributed by atoms with Crippen LogP contribution in [0.4, 0.5) is 0 Å². The Labute approximate surface area is 143 Å². The molecule has 0 spiro atoms. The van der Waals surface area contributed by atoms with Crippen LogP contribution in [0.5, 0.6) is 0 Å². The van der Waals surface area contributed by atoms with Crippen LogP contribution >= 0.6 is 7.60 Å². The first kappa shape index (κ1) is 23.6. The molecule has 0 aliphatic carbocycles. The van der Waals surface area contributed by atoms with E-state index in [1.807, 2.05) is 0 Å². The maximum absolute atomic E-state index is 10.5. The van der Waals surface area contributed by atoms with Crippen molar-refractivity contribution in [2.45, 2.75) is 13.0 Å². The van der Waals surface area contributed by atoms with Gasteiger partial charge in [0, 0.05) is 72.7 Å². The molecule has 2 radical (unpaired) electrons. The molecule has 0 aromatic heterocycles. The molecule has 1 amide bonds. The Morgan fingerprint density at radius 2 is 1.94 bits per heavy atom. The van der Waals surface area contributed by atoms with Crippen molar-refractivity contribution in [2.75, 3.05) is 19.8 Å². The van der Waals surface area contributed by atoms with Gasteiger partial charge in [-0.05, 0) is 0 Å². The molecular weight excluding hydrogens is 275 g/mol. The Morgan fingerprint density at radius 3 is 2.29 bits per heavy atom. The molecule has 0 rings (SSSR count). The normalized spacial score (nSPS) is 14.9. The van der Waals surface area contributed by atoms with Crippen molar-refractivity contribution in [1.29, 1.82) is 0 Å². The molecule has 0 aliphatic heterocycles. The number of aliphatic hydroxyl groups excluding tert-OH is 1. The summed E-state index contributed by atoms with van der Waals surface area (Å²) in [6, 6.07) is 0. The van der Waals surface area contributed by atoms with Crippen molar-refractivity contribution in [1.82, 2.24) is 5.06 Å². The monoisotopic (exact) mass is 289 g/mol. The average Bonchev–Trinajstić information content (AvgIpc) is 2.01. The zero-order valence-corrected chi connectivity index (χ0v) is 15.3. The van der Waals surface area contributed by atoms with E-state index in [0.717, 1.165) is 13.6 Å². The van der Waals surface area contributed by atoms with E-state index in [4.69, 9.17) is 15.2 Å². The molecule has 2 unspecified atom stereocenters. The number of rotatable bonds is 6. The van der Waals surface area contributed by atoms with Gasteiger partial charge >= 0.3 is 7.60 Å². The van der Waals surface area contributed by atoms with Crippen LogP contribution < -0.4 is 0 Å². The molecule has 0 bridgehead atoms. The Bertz CT molecular complexity index is 261. The van der Waals surface area contributed by atoms with E-state index in [1.165, 1.54) is 0 Å². The summed E-state index contributed by atoms with van der Waals surface area (Å²) in [5, 5.41) is 18.3. The van der Waals surface area contributed by atoms with Crippen molar-refractivity contribution >= 4 is 72.6 Å². The fourth-order valence-electron chi connectivity index (χ4n) is 0.588. The van der Waals surface area contributed by atoms with Crippen LogP contribution in [0, 0.1) is 0 Å². The van der Waals surface area contributed by atoms with Crippen molar-refractivity contribution in [3.8, 4) is 0 Å². The van der Waals surface area contributed by atoms with Crippen LogP contribution in [0.2, 0.25) is 0 Å². The molecule has 0 aromatic carbocycles. The van der Waals surface area contributed by atoms with Gasteiger partial charge in [0.25, 0.3) is 0 Å². The topological polar surface area (TPSA) is 117 Å². The second kappa shape index (κ2) is 11.3. The fourth-order valence-corrected chi connectivity index (χ4v) is 0.844. The summed E-state index contributed by atoms with van der Waals surface area (Å²) in [5.41, 5.74) is 0. The molecule has 2 atom stereocenters. The van der Waals surface area contributed by atoms with Crippen molar-refractivity contribution in [3.05, 3.63) is 0 Å². The first-order valence-electron chi connectivity index (χ1n) is 3.99. The fraction of sp³-hybridized carbons (Fsp3) is 0.833. The molecule has 0 saturated heterocycles. The van der Waals surface area contributed by atoms with Gasteiger partial charge in [-0.2, -0.15) is 0 Å². The summed E-state index contributed by atoms with van der Waals surface area (Å²) in [4.78, 5) is 23.4. The third-order valence-corrected chi connectivity index (χ3v) is 1.58. The molecule has 0 aliphatic rings. The number of amides is 1. The van der Waals surface area contributed by atoms with Gasteiger partial charge in [-0.25, -0.2) is 9.95 Å². The van der Waals surface area contributed by atoms with Crippen LogP contribution in [0.1, 0.15) is 6.92 Å². The summed E-state index contributed by atoms with van der Waals surface area (Å²) in [7, 11) is -3.75. The number of hydrogen-bond donors (Lipinski definition) is 3. The zero-order chi connectivity index (χ0) is 12.1. The third kappa shape index (κ3) is 15.4. The quantitative estimate of drug-likeness (QED) is 0.181. The Kier molecular flexibility index (Phi) is 15.7. The van der Waals surface area contributed by atoms with E-state index >= 15 is 0 Å². The number of nitrogens with zero attached hydrogens (tertiary/aromatic N) is 1. The largest absolute Gasteiger partial charge is 0.389 e. The first-order valence-corrected chi connectivity index (χ1v) is 6.01. The Morgan fingerprint density at radius 1 is 1.47 bits per heavy atom. The summed E-state index contributed by atoms with van der Waals surface area (Å²) in [6.45, 7) is 1.20. The van der Waals surface area contributed by atoms with Gasteiger partial charge in [-0.1, -0.05) is 0 Å². The summed E-state index contributed by atoms with van der Waals surface area (Å²) < 4.78 is 14.5. The van der Waals surface area contributed by atoms with Gasteiger partial charge in [0.2, 0.25) is 5.91 Å². The standard InChI is InChI=1S/C6H14NO7P.2Na/c1-5(8)7(10)3-6(9)4-13-14-15(2,11)12;;/h6,9-10H,3-4H2,1-2H3,(H,11,12);;. The molecule has 3 N–H and O–H groups in total. The van der Waals surface area contributed by atoms with Gasteiger partial charge < -0.3 is 10.00 Å². The first-order chi connectivity index (χ1) is 6.72. The molecule has 8 nitrogen and oxygen atoms in total. The molecule has 0 aromatic rings. The summed E-state index contributed by atoms with van der Waals surface area (Å²) >= 11 is 0. The maximum atomic E-state index is 10.5. The zero-order valence-electron chi connectivity index (χ0n) is 10.4. The second-order valence-corrected chi connectivity index (χ2v) is 4.67. The molecule has 92 valence electrons. The van der Waals surface area contributed by atoms with Crippen LogP contribution in [0.15, 0.2) is 0 Å². The van der Waals surface area contributed by atoms with Gasteiger partial charge in [0.1, 0.15) is 12.7 Å². The number of hydroxylamine groups is 2. The molecule has 11 heteroatoms. The van der Waals surface area contributed by atoms with Crippen LogP contribution in [-0.4, -0.2) is 111 Å². The molecule has 0 fully saturated rings. The van der Waals surface area contributed by atoms with Crippen molar-refractivity contribution in [2.24, 2.45) is 0 Å². The average molecular weight is 289 g/mol. The van der Waals surface area contributed by atoms with Crippen LogP contribution in [-0.2, 0) is 18.9 Å². The predicted octanol–water partition coefficient (Wildman–Crippen LogP) is -1.41. The minimum Gasteiger partial charge on any atom is -0.389 e. The summed E-state index contributed by atoms with van der Waals surface area (Å²) in [6.07, 6.45) is -1.22. The Hall–Kier alpha value is 1.50. The molecule has 17 heavy (non-hydrogen) atoms. The predicted molar refractivity (Wildman–Crippen MR) is 59.5 cm³/mol. The summed E-state index contributed by atoms with van der Waals surface area (Å²) in [5.74, 6) is -0.640. The van der Waals surface area contributed by atoms with Gasteiger partial charge in [-0.3, -0.25) is 14.6 Å². The SMILES string of the molecule is CC(=O)N(O)CC(O)COOP(C)(=O)O.[Na].[Na]. The van der Waals surface area contributed by atoms with E-state index < -0.39 is 26.2 Å². The van der Waals surface area contributed by atoms with E-state index in [9.17, 15) is 9.36 Å². The molecule has 0 saturated carbocycles. The van der Waals surface area contributed by atoms with E-state index in [2.05, 4.69) is 9.56 Å². The van der Waals surface area contributed by atoms with E-state index in [0.29, 0.717) is 5.06 Å². The minimum absolute atomic E-state index is 0. The Balaban J connectivity index is -0.000000980. The van der Waals surface area contributed by atoms with Crippen molar-refractivity contribution in [3.63, 3.8) is 0 Å². The second-order valence-electron chi connectivity index (χ2n) is 2.92. The van der Waals surface area contributed by atoms with E-state index in [-0.39, 0.29) is 65.7 Å². The number of carbonyl (C=O) groups is 1. The molecule has 0 heterocycles. The minimum atomic E-state index is -3.75. The molecular formula is C6H14NNa2O7P.